The summed E-state index contributed by atoms with van der Waals surface area (Å²) in [5.74, 6) is 0.861. The molecular formula is C16H26N2. The van der Waals surface area contributed by atoms with Gasteiger partial charge >= 0.3 is 0 Å². The molecule has 1 heterocycles. The zero-order valence-corrected chi connectivity index (χ0v) is 11.4. The average molecular weight is 246 g/mol. The molecule has 1 unspecified atom stereocenters. The Morgan fingerprint density at radius 2 is 2.00 bits per heavy atom. The normalized spacial score (nSPS) is 21.7. The van der Waals surface area contributed by atoms with Gasteiger partial charge in [-0.15, -0.1) is 0 Å². The minimum Gasteiger partial charge on any atom is -0.330 e. The molecule has 18 heavy (non-hydrogen) atoms. The van der Waals surface area contributed by atoms with Gasteiger partial charge in [0.05, 0.1) is 0 Å². The molecule has 100 valence electrons. The topological polar surface area (TPSA) is 29.3 Å². The second kappa shape index (κ2) is 7.55. The van der Waals surface area contributed by atoms with Crippen LogP contribution in [0.2, 0.25) is 0 Å². The minimum absolute atomic E-state index is 0.842. The van der Waals surface area contributed by atoms with Crippen molar-refractivity contribution in [2.24, 2.45) is 11.7 Å². The molecule has 0 bridgehead atoms. The fourth-order valence-corrected chi connectivity index (χ4v) is 2.94. The minimum atomic E-state index is 0.842. The quantitative estimate of drug-likeness (QED) is 0.865. The van der Waals surface area contributed by atoms with Gasteiger partial charge in [-0.2, -0.15) is 0 Å². The third kappa shape index (κ3) is 4.43. The van der Waals surface area contributed by atoms with E-state index >= 15 is 0 Å². The van der Waals surface area contributed by atoms with Gasteiger partial charge in [0.1, 0.15) is 0 Å². The monoisotopic (exact) mass is 246 g/mol. The van der Waals surface area contributed by atoms with Crippen molar-refractivity contribution in [1.82, 2.24) is 4.90 Å². The lowest BCUT2D eigenvalue weighted by atomic mass is 9.98. The number of likely N-dealkylation sites (tertiary alicyclic amines) is 1. The number of hydrogen-bond acceptors (Lipinski definition) is 2. The van der Waals surface area contributed by atoms with Crippen molar-refractivity contribution in [2.75, 3.05) is 19.6 Å². The molecule has 1 aromatic carbocycles. The lowest BCUT2D eigenvalue weighted by molar-refractivity contribution is 0.234. The summed E-state index contributed by atoms with van der Waals surface area (Å²) in [6, 6.07) is 10.8. The summed E-state index contributed by atoms with van der Waals surface area (Å²) in [5, 5.41) is 0. The largest absolute Gasteiger partial charge is 0.330 e. The van der Waals surface area contributed by atoms with Gasteiger partial charge in [0.25, 0.3) is 0 Å². The molecule has 1 aliphatic heterocycles. The Bertz CT molecular complexity index is 323. The summed E-state index contributed by atoms with van der Waals surface area (Å²) in [4.78, 5) is 2.63. The van der Waals surface area contributed by atoms with E-state index in [0.29, 0.717) is 0 Å². The van der Waals surface area contributed by atoms with E-state index in [2.05, 4.69) is 35.2 Å². The number of nitrogens with zero attached hydrogens (tertiary/aromatic N) is 1. The number of benzene rings is 1. The van der Waals surface area contributed by atoms with Crippen molar-refractivity contribution in [2.45, 2.75) is 38.6 Å². The summed E-state index contributed by atoms with van der Waals surface area (Å²) < 4.78 is 0. The lowest BCUT2D eigenvalue weighted by Crippen LogP contribution is -2.28. The number of rotatable bonds is 5. The first kappa shape index (κ1) is 13.6. The first-order valence-corrected chi connectivity index (χ1v) is 7.35. The summed E-state index contributed by atoms with van der Waals surface area (Å²) in [7, 11) is 0. The van der Waals surface area contributed by atoms with E-state index in [1.54, 1.807) is 0 Å². The first-order valence-electron chi connectivity index (χ1n) is 7.35. The van der Waals surface area contributed by atoms with Gasteiger partial charge in [-0.3, -0.25) is 4.90 Å². The van der Waals surface area contributed by atoms with Crippen molar-refractivity contribution in [3.05, 3.63) is 35.9 Å². The highest BCUT2D eigenvalue weighted by molar-refractivity contribution is 5.14. The molecule has 2 rings (SSSR count). The van der Waals surface area contributed by atoms with Crippen molar-refractivity contribution < 1.29 is 0 Å². The fraction of sp³-hybridized carbons (Fsp3) is 0.625. The smallest absolute Gasteiger partial charge is 0.0233 e. The third-order valence-electron chi connectivity index (χ3n) is 3.92. The van der Waals surface area contributed by atoms with Gasteiger partial charge in [-0.25, -0.2) is 0 Å². The van der Waals surface area contributed by atoms with Crippen LogP contribution in [0.15, 0.2) is 30.3 Å². The van der Waals surface area contributed by atoms with Gasteiger partial charge < -0.3 is 5.73 Å². The maximum Gasteiger partial charge on any atom is 0.0233 e. The van der Waals surface area contributed by atoms with E-state index in [-0.39, 0.29) is 0 Å². The van der Waals surface area contributed by atoms with E-state index in [0.717, 1.165) is 19.0 Å². The Labute approximate surface area is 111 Å². The van der Waals surface area contributed by atoms with E-state index in [9.17, 15) is 0 Å². The van der Waals surface area contributed by atoms with Crippen LogP contribution in [0.25, 0.3) is 0 Å². The van der Waals surface area contributed by atoms with Gasteiger partial charge in [0.15, 0.2) is 0 Å². The van der Waals surface area contributed by atoms with Crippen LogP contribution in [0.1, 0.15) is 37.7 Å². The van der Waals surface area contributed by atoms with Crippen LogP contribution >= 0.6 is 0 Å². The molecule has 0 aliphatic carbocycles. The Kier molecular flexibility index (Phi) is 5.69. The zero-order chi connectivity index (χ0) is 12.6. The number of hydrogen-bond donors (Lipinski definition) is 1. The standard InChI is InChI=1S/C16H26N2/c17-11-6-10-16-9-4-5-12-18(14-16)13-15-7-2-1-3-8-15/h1-3,7-8,16H,4-6,9-14,17H2. The molecule has 1 aliphatic rings. The van der Waals surface area contributed by atoms with Crippen molar-refractivity contribution in [1.29, 1.82) is 0 Å². The SMILES string of the molecule is NCCCC1CCCCN(Cc2ccccc2)C1. The second-order valence-electron chi connectivity index (χ2n) is 5.51. The van der Waals surface area contributed by atoms with Crippen LogP contribution < -0.4 is 5.73 Å². The molecule has 2 N–H and O–H groups in total. The van der Waals surface area contributed by atoms with Crippen LogP contribution in [0.4, 0.5) is 0 Å². The average Bonchev–Trinajstić information content (AvgIpc) is 2.63. The van der Waals surface area contributed by atoms with E-state index in [4.69, 9.17) is 5.73 Å². The highest BCUT2D eigenvalue weighted by atomic mass is 15.1. The van der Waals surface area contributed by atoms with Crippen molar-refractivity contribution >= 4 is 0 Å². The summed E-state index contributed by atoms with van der Waals surface area (Å²) in [6.45, 7) is 4.47. The second-order valence-corrected chi connectivity index (χ2v) is 5.51. The molecule has 0 aromatic heterocycles. The Morgan fingerprint density at radius 1 is 1.17 bits per heavy atom. The first-order chi connectivity index (χ1) is 8.88. The van der Waals surface area contributed by atoms with Crippen LogP contribution in [-0.4, -0.2) is 24.5 Å². The predicted octanol–water partition coefficient (Wildman–Crippen LogP) is 3.03. The van der Waals surface area contributed by atoms with Crippen LogP contribution in [-0.2, 0) is 6.54 Å². The third-order valence-corrected chi connectivity index (χ3v) is 3.92. The molecule has 1 saturated heterocycles. The van der Waals surface area contributed by atoms with E-state index in [1.165, 1.54) is 50.8 Å². The molecule has 0 saturated carbocycles. The summed E-state index contributed by atoms with van der Waals surface area (Å²) in [5.41, 5.74) is 7.07. The molecule has 2 nitrogen and oxygen atoms in total. The molecule has 0 amide bonds. The molecule has 1 fully saturated rings. The maximum absolute atomic E-state index is 5.63. The van der Waals surface area contributed by atoms with Crippen LogP contribution in [0.5, 0.6) is 0 Å². The van der Waals surface area contributed by atoms with Gasteiger partial charge in [-0.1, -0.05) is 36.8 Å². The lowest BCUT2D eigenvalue weighted by Gasteiger charge is -2.24. The molecule has 1 atom stereocenters. The fourth-order valence-electron chi connectivity index (χ4n) is 2.94. The Morgan fingerprint density at radius 3 is 2.78 bits per heavy atom. The number of nitrogens with two attached hydrogens (primary N) is 1. The molecule has 0 spiro atoms. The van der Waals surface area contributed by atoms with E-state index in [1.807, 2.05) is 0 Å². The summed E-state index contributed by atoms with van der Waals surface area (Å²) >= 11 is 0. The molecular weight excluding hydrogens is 220 g/mol. The van der Waals surface area contributed by atoms with E-state index < -0.39 is 0 Å². The molecule has 0 radical (unpaired) electrons. The van der Waals surface area contributed by atoms with Crippen molar-refractivity contribution in [3.8, 4) is 0 Å². The van der Waals surface area contributed by atoms with Crippen molar-refractivity contribution in [3.63, 3.8) is 0 Å². The molecule has 1 aromatic rings. The summed E-state index contributed by atoms with van der Waals surface area (Å²) in [6.07, 6.45) is 6.63. The van der Waals surface area contributed by atoms with Gasteiger partial charge in [0, 0.05) is 13.1 Å². The molecule has 2 heteroatoms. The van der Waals surface area contributed by atoms with Gasteiger partial charge in [0.2, 0.25) is 0 Å². The Balaban J connectivity index is 1.86. The maximum atomic E-state index is 5.63. The van der Waals surface area contributed by atoms with Crippen LogP contribution in [0.3, 0.4) is 0 Å². The Hall–Kier alpha value is -0.860. The van der Waals surface area contributed by atoms with Crippen LogP contribution in [0, 0.1) is 5.92 Å². The highest BCUT2D eigenvalue weighted by Gasteiger charge is 2.17. The highest BCUT2D eigenvalue weighted by Crippen LogP contribution is 2.21. The predicted molar refractivity (Wildman–Crippen MR) is 77.3 cm³/mol. The zero-order valence-electron chi connectivity index (χ0n) is 11.4. The van der Waals surface area contributed by atoms with Gasteiger partial charge in [-0.05, 0) is 50.3 Å².